The molecule has 6 heteroatoms. The third-order valence-corrected chi connectivity index (χ3v) is 3.11. The van der Waals surface area contributed by atoms with Crippen molar-refractivity contribution in [3.8, 4) is 11.5 Å². The molecule has 1 unspecified atom stereocenters. The fourth-order valence-corrected chi connectivity index (χ4v) is 1.89. The molecule has 24 heavy (non-hydrogen) atoms. The number of hydrogen-bond acceptors (Lipinski definition) is 5. The highest BCUT2D eigenvalue weighted by molar-refractivity contribution is 5.90. The summed E-state index contributed by atoms with van der Waals surface area (Å²) in [6.07, 6.45) is 2.87. The molecule has 1 aromatic carbocycles. The molecule has 0 aromatic heterocycles. The number of benzene rings is 1. The molecule has 1 rings (SSSR count). The van der Waals surface area contributed by atoms with Gasteiger partial charge in [-0.2, -0.15) is 0 Å². The summed E-state index contributed by atoms with van der Waals surface area (Å²) in [5.41, 5.74) is 0.760. The van der Waals surface area contributed by atoms with Gasteiger partial charge in [-0.05, 0) is 44.0 Å². The van der Waals surface area contributed by atoms with E-state index < -0.39 is 12.1 Å². The third-order valence-electron chi connectivity index (χ3n) is 3.11. The van der Waals surface area contributed by atoms with Gasteiger partial charge in [-0.3, -0.25) is 4.79 Å². The fourth-order valence-electron chi connectivity index (χ4n) is 1.89. The molecule has 0 aliphatic carbocycles. The predicted octanol–water partition coefficient (Wildman–Crippen LogP) is 2.57. The maximum atomic E-state index is 11.8. The van der Waals surface area contributed by atoms with Gasteiger partial charge < -0.3 is 19.5 Å². The van der Waals surface area contributed by atoms with Gasteiger partial charge in [0, 0.05) is 12.6 Å². The minimum Gasteiger partial charge on any atom is -0.493 e. The molecule has 0 saturated heterocycles. The van der Waals surface area contributed by atoms with Crippen LogP contribution in [0.3, 0.4) is 0 Å². The molecule has 1 amide bonds. The number of methoxy groups -OCH3 is 1. The van der Waals surface area contributed by atoms with Gasteiger partial charge in [0.2, 0.25) is 0 Å². The Balaban J connectivity index is 2.65. The summed E-state index contributed by atoms with van der Waals surface area (Å²) in [4.78, 5) is 23.4. The summed E-state index contributed by atoms with van der Waals surface area (Å²) in [5, 5.41) is 2.67. The van der Waals surface area contributed by atoms with Crippen LogP contribution >= 0.6 is 0 Å². The van der Waals surface area contributed by atoms with Gasteiger partial charge in [-0.25, -0.2) is 4.79 Å². The second-order valence-electron chi connectivity index (χ2n) is 5.05. The van der Waals surface area contributed by atoms with Crippen LogP contribution in [0, 0.1) is 0 Å². The largest absolute Gasteiger partial charge is 0.493 e. The number of carbonyl (C=O) groups excluding carboxylic acids is 2. The Kier molecular flexibility index (Phi) is 8.39. The van der Waals surface area contributed by atoms with Crippen molar-refractivity contribution in [2.24, 2.45) is 0 Å². The lowest BCUT2D eigenvalue weighted by Gasteiger charge is -2.11. The van der Waals surface area contributed by atoms with Crippen LogP contribution in [0.2, 0.25) is 0 Å². The molecule has 0 spiro atoms. The predicted molar refractivity (Wildman–Crippen MR) is 92.1 cm³/mol. The normalized spacial score (nSPS) is 11.8. The smallest absolute Gasteiger partial charge is 0.331 e. The lowest BCUT2D eigenvalue weighted by Crippen LogP contribution is -2.35. The molecule has 0 saturated carbocycles. The standard InChI is InChI=1S/C18H25NO5/c1-5-11-19-18(21)13(3)24-17(20)10-8-14-7-9-15(23-6-2)16(12-14)22-4/h7-10,12-13H,5-6,11H2,1-4H3,(H,19,21)/b10-8+. The van der Waals surface area contributed by atoms with Crippen LogP contribution in [0.5, 0.6) is 11.5 Å². The Labute approximate surface area is 142 Å². The summed E-state index contributed by atoms with van der Waals surface area (Å²) in [7, 11) is 1.55. The molecule has 132 valence electrons. The minimum absolute atomic E-state index is 0.304. The first-order valence-electron chi connectivity index (χ1n) is 7.99. The Morgan fingerprint density at radius 2 is 2.00 bits per heavy atom. The molecule has 0 radical (unpaired) electrons. The maximum Gasteiger partial charge on any atom is 0.331 e. The molecular weight excluding hydrogens is 310 g/mol. The third kappa shape index (κ3) is 6.32. The molecule has 6 nitrogen and oxygen atoms in total. The quantitative estimate of drug-likeness (QED) is 0.554. The van der Waals surface area contributed by atoms with Crippen molar-refractivity contribution in [1.29, 1.82) is 0 Å². The summed E-state index contributed by atoms with van der Waals surface area (Å²) < 4.78 is 15.7. The molecule has 0 fully saturated rings. The van der Waals surface area contributed by atoms with Crippen LogP contribution in [-0.4, -0.2) is 38.2 Å². The Hall–Kier alpha value is -2.50. The summed E-state index contributed by atoms with van der Waals surface area (Å²) in [6.45, 7) is 6.47. The van der Waals surface area contributed by atoms with Gasteiger partial charge in [-0.1, -0.05) is 13.0 Å². The molecule has 0 aliphatic heterocycles. The Morgan fingerprint density at radius 3 is 2.62 bits per heavy atom. The maximum absolute atomic E-state index is 11.8. The van der Waals surface area contributed by atoms with Gasteiger partial charge in [0.15, 0.2) is 17.6 Å². The highest BCUT2D eigenvalue weighted by Crippen LogP contribution is 2.28. The monoisotopic (exact) mass is 335 g/mol. The van der Waals surface area contributed by atoms with Crippen molar-refractivity contribution in [2.75, 3.05) is 20.3 Å². The molecule has 1 aromatic rings. The second-order valence-corrected chi connectivity index (χ2v) is 5.05. The SMILES string of the molecule is CCCNC(=O)C(C)OC(=O)/C=C/c1ccc(OCC)c(OC)c1. The van der Waals surface area contributed by atoms with Crippen molar-refractivity contribution < 1.29 is 23.8 Å². The summed E-state index contributed by atoms with van der Waals surface area (Å²) in [6, 6.07) is 5.33. The zero-order chi connectivity index (χ0) is 17.9. The van der Waals surface area contributed by atoms with Crippen molar-refractivity contribution in [3.63, 3.8) is 0 Å². The van der Waals surface area contributed by atoms with Crippen LogP contribution in [0.4, 0.5) is 0 Å². The van der Waals surface area contributed by atoms with E-state index in [4.69, 9.17) is 14.2 Å². The number of esters is 1. The van der Waals surface area contributed by atoms with E-state index in [0.29, 0.717) is 24.7 Å². The minimum atomic E-state index is -0.830. The zero-order valence-corrected chi connectivity index (χ0v) is 14.6. The van der Waals surface area contributed by atoms with Crippen LogP contribution in [0.1, 0.15) is 32.8 Å². The van der Waals surface area contributed by atoms with Crippen molar-refractivity contribution >= 4 is 18.0 Å². The number of nitrogens with one attached hydrogen (secondary N) is 1. The molecule has 1 N–H and O–H groups in total. The van der Waals surface area contributed by atoms with Gasteiger partial charge in [0.1, 0.15) is 0 Å². The summed E-state index contributed by atoms with van der Waals surface area (Å²) in [5.74, 6) is 0.337. The van der Waals surface area contributed by atoms with E-state index in [-0.39, 0.29) is 5.91 Å². The van der Waals surface area contributed by atoms with Gasteiger partial charge in [-0.15, -0.1) is 0 Å². The van der Waals surface area contributed by atoms with Crippen molar-refractivity contribution in [3.05, 3.63) is 29.8 Å². The zero-order valence-electron chi connectivity index (χ0n) is 14.6. The van der Waals surface area contributed by atoms with E-state index in [9.17, 15) is 9.59 Å². The lowest BCUT2D eigenvalue weighted by molar-refractivity contribution is -0.150. The molecule has 1 atom stereocenters. The van der Waals surface area contributed by atoms with E-state index in [2.05, 4.69) is 5.32 Å². The highest BCUT2D eigenvalue weighted by Gasteiger charge is 2.15. The van der Waals surface area contributed by atoms with E-state index in [1.54, 1.807) is 31.4 Å². The number of rotatable bonds is 9. The van der Waals surface area contributed by atoms with Gasteiger partial charge >= 0.3 is 5.97 Å². The first kappa shape index (κ1) is 19.5. The molecule has 0 heterocycles. The van der Waals surface area contributed by atoms with Crippen molar-refractivity contribution in [1.82, 2.24) is 5.32 Å². The summed E-state index contributed by atoms with van der Waals surface area (Å²) >= 11 is 0. The molecule has 0 bridgehead atoms. The van der Waals surface area contributed by atoms with Crippen LogP contribution in [0.25, 0.3) is 6.08 Å². The molecule has 0 aliphatic rings. The number of carbonyl (C=O) groups is 2. The average molecular weight is 335 g/mol. The van der Waals surface area contributed by atoms with Gasteiger partial charge in [0.25, 0.3) is 5.91 Å². The first-order chi connectivity index (χ1) is 11.5. The average Bonchev–Trinajstić information content (AvgIpc) is 2.58. The van der Waals surface area contributed by atoms with Crippen LogP contribution in [0.15, 0.2) is 24.3 Å². The topological polar surface area (TPSA) is 73.9 Å². The second kappa shape index (κ2) is 10.3. The van der Waals surface area contributed by atoms with E-state index >= 15 is 0 Å². The number of amides is 1. The van der Waals surface area contributed by atoms with Crippen molar-refractivity contribution in [2.45, 2.75) is 33.3 Å². The van der Waals surface area contributed by atoms with E-state index in [1.165, 1.54) is 13.0 Å². The molecular formula is C18H25NO5. The van der Waals surface area contributed by atoms with E-state index in [0.717, 1.165) is 12.0 Å². The van der Waals surface area contributed by atoms with Gasteiger partial charge in [0.05, 0.1) is 13.7 Å². The highest BCUT2D eigenvalue weighted by atomic mass is 16.5. The number of ether oxygens (including phenoxy) is 3. The Morgan fingerprint density at radius 1 is 1.25 bits per heavy atom. The van der Waals surface area contributed by atoms with Crippen LogP contribution in [-0.2, 0) is 14.3 Å². The Bertz CT molecular complexity index is 583. The number of hydrogen-bond donors (Lipinski definition) is 1. The first-order valence-corrected chi connectivity index (χ1v) is 7.99. The van der Waals surface area contributed by atoms with E-state index in [1.807, 2.05) is 13.8 Å². The lowest BCUT2D eigenvalue weighted by atomic mass is 10.2. The fraction of sp³-hybridized carbons (Fsp3) is 0.444. The van der Waals surface area contributed by atoms with Crippen LogP contribution < -0.4 is 14.8 Å².